The van der Waals surface area contributed by atoms with Gasteiger partial charge in [-0.2, -0.15) is 0 Å². The topological polar surface area (TPSA) is 123 Å². The molecule has 0 aromatic heterocycles. The van der Waals surface area contributed by atoms with Gasteiger partial charge >= 0.3 is 13.5 Å². The van der Waals surface area contributed by atoms with Gasteiger partial charge < -0.3 is 18.9 Å². The van der Waals surface area contributed by atoms with E-state index in [0.29, 0.717) is 11.5 Å². The number of hydrogen-bond acceptors (Lipinski definition) is 8. The van der Waals surface area contributed by atoms with Gasteiger partial charge in [-0.15, -0.1) is 0 Å². The van der Waals surface area contributed by atoms with Crippen molar-refractivity contribution in [3.05, 3.63) is 44.5 Å². The summed E-state index contributed by atoms with van der Waals surface area (Å²) in [7, 11) is 0. The van der Waals surface area contributed by atoms with Crippen LogP contribution < -0.4 is 9.47 Å². The average molecular weight is 316 g/mol. The summed E-state index contributed by atoms with van der Waals surface area (Å²) in [6.07, 6.45) is 0. The summed E-state index contributed by atoms with van der Waals surface area (Å²) in [6, 6.07) is 6.73. The summed E-state index contributed by atoms with van der Waals surface area (Å²) >= 11 is 0. The number of ether oxygens (including phenoxy) is 4. The summed E-state index contributed by atoms with van der Waals surface area (Å²) in [5.74, 6) is 1.04. The normalized spacial score (nSPS) is 10.2. The minimum Gasteiger partial charge on any atom is -0.491 e. The highest BCUT2D eigenvalue weighted by atomic mass is 16.7. The first-order chi connectivity index (χ1) is 10.6. The van der Waals surface area contributed by atoms with Gasteiger partial charge in [0.15, 0.2) is 0 Å². The van der Waals surface area contributed by atoms with E-state index in [2.05, 4.69) is 0 Å². The fourth-order valence-corrected chi connectivity index (χ4v) is 1.37. The second kappa shape index (κ2) is 10.3. The van der Waals surface area contributed by atoms with Crippen LogP contribution in [0.15, 0.2) is 24.3 Å². The molecule has 0 amide bonds. The molecular formula is C12H16N2O8. The molecule has 1 aromatic carbocycles. The fourth-order valence-electron chi connectivity index (χ4n) is 1.37. The third kappa shape index (κ3) is 8.66. The zero-order valence-corrected chi connectivity index (χ0v) is 11.7. The molecule has 0 aliphatic heterocycles. The molecule has 0 N–H and O–H groups in total. The Morgan fingerprint density at radius 3 is 1.68 bits per heavy atom. The summed E-state index contributed by atoms with van der Waals surface area (Å²) in [5.41, 5.74) is 0. The quantitative estimate of drug-likeness (QED) is 0.241. The van der Waals surface area contributed by atoms with Gasteiger partial charge in [0, 0.05) is 15.9 Å². The maximum Gasteiger partial charge on any atom is 0.306 e. The van der Waals surface area contributed by atoms with Crippen LogP contribution >= 0.6 is 0 Å². The molecule has 0 spiro atoms. The smallest absolute Gasteiger partial charge is 0.306 e. The van der Waals surface area contributed by atoms with Gasteiger partial charge in [-0.25, -0.2) is 0 Å². The Balaban J connectivity index is 2.21. The Morgan fingerprint density at radius 1 is 0.818 bits per heavy atom. The minimum absolute atomic E-state index is 0.0980. The maximum absolute atomic E-state index is 10.0. The number of rotatable bonds is 12. The monoisotopic (exact) mass is 316 g/mol. The summed E-state index contributed by atoms with van der Waals surface area (Å²) in [5, 5.41) is 20.1. The van der Waals surface area contributed by atoms with Gasteiger partial charge in [0.05, 0.1) is 13.2 Å². The van der Waals surface area contributed by atoms with Crippen molar-refractivity contribution in [1.29, 1.82) is 0 Å². The van der Waals surface area contributed by atoms with Gasteiger partial charge in [-0.1, -0.05) is 6.07 Å². The molecule has 0 bridgehead atoms. The van der Waals surface area contributed by atoms with E-state index in [1.54, 1.807) is 24.3 Å². The lowest BCUT2D eigenvalue weighted by atomic mass is 10.3. The van der Waals surface area contributed by atoms with Crippen LogP contribution in [0.3, 0.4) is 0 Å². The lowest BCUT2D eigenvalue weighted by Gasteiger charge is -2.09. The van der Waals surface area contributed by atoms with Crippen LogP contribution in [0.5, 0.6) is 11.5 Å². The molecule has 0 saturated heterocycles. The van der Waals surface area contributed by atoms with Gasteiger partial charge in [0.2, 0.25) is 0 Å². The van der Waals surface area contributed by atoms with Crippen molar-refractivity contribution in [2.45, 2.75) is 0 Å². The molecule has 0 atom stereocenters. The number of nitrogens with zero attached hydrogens (tertiary/aromatic N) is 2. The van der Waals surface area contributed by atoms with Gasteiger partial charge in [-0.05, 0) is 12.1 Å². The van der Waals surface area contributed by atoms with E-state index in [-0.39, 0.29) is 26.4 Å². The predicted molar refractivity (Wildman–Crippen MR) is 73.1 cm³/mol. The number of hydrogen-bond donors (Lipinski definition) is 0. The molecule has 0 heterocycles. The minimum atomic E-state index is -0.574. The summed E-state index contributed by atoms with van der Waals surface area (Å²) in [6.45, 7) is -0.582. The molecule has 10 heteroatoms. The lowest BCUT2D eigenvalue weighted by Crippen LogP contribution is -2.12. The van der Waals surface area contributed by atoms with Crippen LogP contribution in [0.2, 0.25) is 0 Å². The van der Waals surface area contributed by atoms with E-state index in [0.717, 1.165) is 0 Å². The largest absolute Gasteiger partial charge is 0.491 e. The molecule has 0 saturated carbocycles. The highest BCUT2D eigenvalue weighted by Gasteiger charge is 2.01. The van der Waals surface area contributed by atoms with E-state index < -0.39 is 23.3 Å². The highest BCUT2D eigenvalue weighted by Crippen LogP contribution is 2.19. The Morgan fingerprint density at radius 2 is 1.27 bits per heavy atom. The summed E-state index contributed by atoms with van der Waals surface area (Å²) in [4.78, 5) is 18.9. The highest BCUT2D eigenvalue weighted by molar-refractivity contribution is 5.32. The molecule has 122 valence electrons. The van der Waals surface area contributed by atoms with Crippen molar-refractivity contribution < 1.29 is 28.8 Å². The first-order valence-corrected chi connectivity index (χ1v) is 6.32. The van der Waals surface area contributed by atoms with Crippen molar-refractivity contribution >= 4 is 0 Å². The number of benzene rings is 1. The van der Waals surface area contributed by atoms with Gasteiger partial charge in [0.1, 0.15) is 24.7 Å². The fraction of sp³-hybridized carbons (Fsp3) is 0.500. The molecule has 1 rings (SSSR count). The Hall–Kier alpha value is -2.46. The third-order valence-electron chi connectivity index (χ3n) is 2.19. The van der Waals surface area contributed by atoms with Crippen LogP contribution in [-0.4, -0.2) is 49.7 Å². The SMILES string of the molecule is O=[N+]([O-])COCCOc1cccc(OCCOC[N+](=O)[O-])c1. The molecule has 10 nitrogen and oxygen atoms in total. The van der Waals surface area contributed by atoms with E-state index in [4.69, 9.17) is 18.9 Å². The second-order valence-corrected chi connectivity index (χ2v) is 3.91. The first-order valence-electron chi connectivity index (χ1n) is 6.32. The van der Waals surface area contributed by atoms with E-state index >= 15 is 0 Å². The van der Waals surface area contributed by atoms with Crippen LogP contribution in [0, 0.1) is 20.2 Å². The lowest BCUT2D eigenvalue weighted by molar-refractivity contribution is -0.526. The number of nitro groups is 2. The Labute approximate surface area is 125 Å². The predicted octanol–water partition coefficient (Wildman–Crippen LogP) is 0.946. The van der Waals surface area contributed by atoms with Crippen molar-refractivity contribution in [2.24, 2.45) is 0 Å². The Bertz CT molecular complexity index is 443. The molecule has 0 radical (unpaired) electrons. The molecule has 22 heavy (non-hydrogen) atoms. The van der Waals surface area contributed by atoms with Crippen molar-refractivity contribution in [1.82, 2.24) is 0 Å². The molecule has 0 fully saturated rings. The van der Waals surface area contributed by atoms with Crippen molar-refractivity contribution in [2.75, 3.05) is 39.9 Å². The van der Waals surface area contributed by atoms with Gasteiger partial charge in [-0.3, -0.25) is 20.2 Å². The van der Waals surface area contributed by atoms with E-state index in [9.17, 15) is 20.2 Å². The molecule has 0 unspecified atom stereocenters. The van der Waals surface area contributed by atoms with Crippen LogP contribution in [0.1, 0.15) is 0 Å². The zero-order chi connectivity index (χ0) is 16.2. The molecule has 1 aromatic rings. The molecule has 0 aliphatic carbocycles. The van der Waals surface area contributed by atoms with Gasteiger partial charge in [0.25, 0.3) is 0 Å². The third-order valence-corrected chi connectivity index (χ3v) is 2.19. The van der Waals surface area contributed by atoms with Crippen molar-refractivity contribution in [3.8, 4) is 11.5 Å². The van der Waals surface area contributed by atoms with E-state index in [1.807, 2.05) is 0 Å². The maximum atomic E-state index is 10.0. The standard InChI is InChI=1S/C12H16N2O8/c15-13(16)9-19-4-6-21-11-2-1-3-12(8-11)22-7-5-20-10-14(17)18/h1-3,8H,4-7,9-10H2. The van der Waals surface area contributed by atoms with Crippen LogP contribution in [0.4, 0.5) is 0 Å². The molecular weight excluding hydrogens is 300 g/mol. The summed E-state index contributed by atoms with van der Waals surface area (Å²) < 4.78 is 20.1. The Kier molecular flexibility index (Phi) is 8.23. The average Bonchev–Trinajstić information content (AvgIpc) is 2.46. The molecule has 0 aliphatic rings. The van der Waals surface area contributed by atoms with E-state index in [1.165, 1.54) is 0 Å². The zero-order valence-electron chi connectivity index (χ0n) is 11.7. The van der Waals surface area contributed by atoms with Crippen LogP contribution in [0.25, 0.3) is 0 Å². The van der Waals surface area contributed by atoms with Crippen molar-refractivity contribution in [3.63, 3.8) is 0 Å². The second-order valence-electron chi connectivity index (χ2n) is 3.91. The van der Waals surface area contributed by atoms with Crippen LogP contribution in [-0.2, 0) is 9.47 Å². The first kappa shape index (κ1) is 17.6.